The minimum absolute atomic E-state index is 0.511. The third-order valence-corrected chi connectivity index (χ3v) is 5.73. The van der Waals surface area contributed by atoms with Crippen LogP contribution >= 0.6 is 11.6 Å². The summed E-state index contributed by atoms with van der Waals surface area (Å²) in [5.41, 5.74) is 6.66. The summed E-state index contributed by atoms with van der Waals surface area (Å²) >= 11 is 6.10. The van der Waals surface area contributed by atoms with Gasteiger partial charge in [-0.05, 0) is 76.6 Å². The molecule has 1 aliphatic rings. The smallest absolute Gasteiger partial charge is 0.253 e. The molecule has 32 heavy (non-hydrogen) atoms. The standard InChI is InChI=1S/C25H27ClN6/c1-6-31(7-2)21-12-13-22(16(3)14-21)27-24-23(19-8-10-20(26)11-9-19)28-25(29-24)32-18(5)15-17(4)30-32/h8-15H,6-7H2,1-5H3. The molecule has 4 rings (SSSR count). The van der Waals surface area contributed by atoms with Crippen LogP contribution in [-0.4, -0.2) is 40.4 Å². The molecule has 0 bridgehead atoms. The van der Waals surface area contributed by atoms with Crippen LogP contribution in [0.2, 0.25) is 5.02 Å². The molecule has 0 atom stereocenters. The molecule has 0 saturated carbocycles. The molecule has 2 aromatic carbocycles. The number of hydrogen-bond donors (Lipinski definition) is 0. The Kier molecular flexibility index (Phi) is 6.24. The highest BCUT2D eigenvalue weighted by Gasteiger charge is 2.23. The fraction of sp³-hybridized carbons (Fsp3) is 0.280. The Labute approximate surface area is 194 Å². The summed E-state index contributed by atoms with van der Waals surface area (Å²) in [5, 5.41) is 5.21. The van der Waals surface area contributed by atoms with Gasteiger partial charge >= 0.3 is 0 Å². The molecule has 0 radical (unpaired) electrons. The third kappa shape index (κ3) is 4.36. The lowest BCUT2D eigenvalue weighted by Crippen LogP contribution is -2.21. The Bertz CT molecular complexity index is 1230. The van der Waals surface area contributed by atoms with Crippen LogP contribution in [0.4, 0.5) is 11.4 Å². The summed E-state index contributed by atoms with van der Waals surface area (Å²) in [5.74, 6) is 1.07. The van der Waals surface area contributed by atoms with E-state index in [-0.39, 0.29) is 0 Å². The predicted octanol–water partition coefficient (Wildman–Crippen LogP) is 5.75. The Morgan fingerprint density at radius 3 is 2.25 bits per heavy atom. The van der Waals surface area contributed by atoms with Gasteiger partial charge in [0.25, 0.3) is 5.96 Å². The SMILES string of the molecule is CCN(CC)c1ccc(N=C2N=C(n3nc(C)cc3C)N=C2c2ccc(Cl)cc2)c(C)c1. The summed E-state index contributed by atoms with van der Waals surface area (Å²) < 4.78 is 1.75. The highest BCUT2D eigenvalue weighted by atomic mass is 35.5. The van der Waals surface area contributed by atoms with Gasteiger partial charge < -0.3 is 4.90 Å². The number of aryl methyl sites for hydroxylation is 3. The van der Waals surface area contributed by atoms with E-state index >= 15 is 0 Å². The number of hydrogen-bond acceptors (Lipinski definition) is 4. The quantitative estimate of drug-likeness (QED) is 0.501. The van der Waals surface area contributed by atoms with Crippen LogP contribution in [0, 0.1) is 20.8 Å². The van der Waals surface area contributed by atoms with E-state index < -0.39 is 0 Å². The normalized spacial score (nSPS) is 14.6. The first-order chi connectivity index (χ1) is 15.4. The topological polar surface area (TPSA) is 58.1 Å². The van der Waals surface area contributed by atoms with E-state index in [0.29, 0.717) is 22.5 Å². The van der Waals surface area contributed by atoms with Gasteiger partial charge in [0, 0.05) is 35.1 Å². The van der Waals surface area contributed by atoms with Crippen molar-refractivity contribution in [2.45, 2.75) is 34.6 Å². The van der Waals surface area contributed by atoms with Gasteiger partial charge in [-0.1, -0.05) is 23.7 Å². The molecular formula is C25H27ClN6. The van der Waals surface area contributed by atoms with Crippen molar-refractivity contribution in [3.8, 4) is 0 Å². The fourth-order valence-corrected chi connectivity index (χ4v) is 3.92. The summed E-state index contributed by atoms with van der Waals surface area (Å²) in [6.45, 7) is 12.3. The molecule has 2 heterocycles. The van der Waals surface area contributed by atoms with Crippen LogP contribution in [0.15, 0.2) is 63.5 Å². The highest BCUT2D eigenvalue weighted by molar-refractivity contribution is 6.53. The molecule has 0 amide bonds. The van der Waals surface area contributed by atoms with Crippen LogP contribution in [0.5, 0.6) is 0 Å². The lowest BCUT2D eigenvalue weighted by Gasteiger charge is -2.21. The van der Waals surface area contributed by atoms with E-state index in [1.807, 2.05) is 50.2 Å². The maximum atomic E-state index is 6.10. The first kappa shape index (κ1) is 22.0. The lowest BCUT2D eigenvalue weighted by atomic mass is 10.1. The molecule has 6 nitrogen and oxygen atoms in total. The van der Waals surface area contributed by atoms with E-state index in [1.165, 1.54) is 5.69 Å². The number of anilines is 1. The zero-order valence-corrected chi connectivity index (χ0v) is 19.9. The Hall–Kier alpha value is -3.25. The van der Waals surface area contributed by atoms with Crippen molar-refractivity contribution in [3.63, 3.8) is 0 Å². The monoisotopic (exact) mass is 446 g/mol. The van der Waals surface area contributed by atoms with Crippen molar-refractivity contribution in [2.75, 3.05) is 18.0 Å². The minimum atomic E-state index is 0.511. The van der Waals surface area contributed by atoms with Gasteiger partial charge in [0.1, 0.15) is 5.71 Å². The number of nitrogens with zero attached hydrogens (tertiary/aromatic N) is 6. The van der Waals surface area contributed by atoms with Crippen LogP contribution in [0.1, 0.15) is 36.4 Å². The van der Waals surface area contributed by atoms with Gasteiger partial charge in [0.2, 0.25) is 0 Å². The highest BCUT2D eigenvalue weighted by Crippen LogP contribution is 2.26. The van der Waals surface area contributed by atoms with E-state index in [4.69, 9.17) is 26.6 Å². The van der Waals surface area contributed by atoms with Crippen molar-refractivity contribution < 1.29 is 0 Å². The predicted molar refractivity (Wildman–Crippen MR) is 134 cm³/mol. The van der Waals surface area contributed by atoms with Gasteiger partial charge in [0.05, 0.1) is 11.4 Å². The van der Waals surface area contributed by atoms with Crippen molar-refractivity contribution in [1.82, 2.24) is 9.78 Å². The van der Waals surface area contributed by atoms with Crippen molar-refractivity contribution in [1.29, 1.82) is 0 Å². The van der Waals surface area contributed by atoms with Crippen LogP contribution in [-0.2, 0) is 0 Å². The van der Waals surface area contributed by atoms with E-state index in [9.17, 15) is 0 Å². The molecule has 0 unspecified atom stereocenters. The Balaban J connectivity index is 1.79. The van der Waals surface area contributed by atoms with Gasteiger partial charge in [0.15, 0.2) is 5.84 Å². The number of benzene rings is 2. The minimum Gasteiger partial charge on any atom is -0.372 e. The molecule has 7 heteroatoms. The van der Waals surface area contributed by atoms with Gasteiger partial charge in [-0.2, -0.15) is 10.1 Å². The first-order valence-electron chi connectivity index (χ1n) is 10.8. The summed E-state index contributed by atoms with van der Waals surface area (Å²) in [6, 6.07) is 15.9. The van der Waals surface area contributed by atoms with E-state index in [1.54, 1.807) is 4.68 Å². The van der Waals surface area contributed by atoms with Gasteiger partial charge in [-0.15, -0.1) is 0 Å². The molecule has 3 aromatic rings. The maximum absolute atomic E-state index is 6.10. The summed E-state index contributed by atoms with van der Waals surface area (Å²) in [7, 11) is 0. The molecule has 0 N–H and O–H groups in total. The second-order valence-electron chi connectivity index (χ2n) is 7.80. The molecule has 164 valence electrons. The molecule has 0 saturated heterocycles. The molecule has 1 aliphatic heterocycles. The van der Waals surface area contributed by atoms with E-state index in [2.05, 4.69) is 42.9 Å². The second kappa shape index (κ2) is 9.09. The second-order valence-corrected chi connectivity index (χ2v) is 8.23. The average molecular weight is 447 g/mol. The summed E-state index contributed by atoms with van der Waals surface area (Å²) in [4.78, 5) is 16.8. The average Bonchev–Trinajstić information content (AvgIpc) is 3.33. The maximum Gasteiger partial charge on any atom is 0.253 e. The van der Waals surface area contributed by atoms with Crippen LogP contribution in [0.25, 0.3) is 0 Å². The lowest BCUT2D eigenvalue weighted by molar-refractivity contribution is 0.865. The van der Waals surface area contributed by atoms with Crippen LogP contribution in [0.3, 0.4) is 0 Å². The zero-order valence-electron chi connectivity index (χ0n) is 19.1. The Morgan fingerprint density at radius 2 is 1.66 bits per heavy atom. The van der Waals surface area contributed by atoms with E-state index in [0.717, 1.165) is 41.3 Å². The first-order valence-corrected chi connectivity index (χ1v) is 11.2. The number of aromatic nitrogens is 2. The molecule has 1 aromatic heterocycles. The fourth-order valence-electron chi connectivity index (χ4n) is 3.79. The number of halogens is 1. The largest absolute Gasteiger partial charge is 0.372 e. The Morgan fingerprint density at radius 1 is 0.938 bits per heavy atom. The van der Waals surface area contributed by atoms with Crippen molar-refractivity contribution >= 4 is 40.5 Å². The van der Waals surface area contributed by atoms with Crippen LogP contribution < -0.4 is 4.90 Å². The van der Waals surface area contributed by atoms with Crippen molar-refractivity contribution in [2.24, 2.45) is 15.0 Å². The zero-order chi connectivity index (χ0) is 22.8. The molecule has 0 fully saturated rings. The number of rotatable bonds is 5. The van der Waals surface area contributed by atoms with Crippen molar-refractivity contribution in [3.05, 3.63) is 76.1 Å². The third-order valence-electron chi connectivity index (χ3n) is 5.48. The van der Waals surface area contributed by atoms with Gasteiger partial charge in [-0.25, -0.2) is 14.7 Å². The summed E-state index contributed by atoms with van der Waals surface area (Å²) in [6.07, 6.45) is 0. The number of aliphatic imine (C=N–C) groups is 3. The molecule has 0 spiro atoms. The molecule has 0 aliphatic carbocycles. The van der Waals surface area contributed by atoms with Gasteiger partial charge in [-0.3, -0.25) is 0 Å². The molecular weight excluding hydrogens is 420 g/mol. The number of amidine groups is 1.